The molecular weight excluding hydrogens is 204 g/mol. The summed E-state index contributed by atoms with van der Waals surface area (Å²) < 4.78 is 0. The summed E-state index contributed by atoms with van der Waals surface area (Å²) in [6.07, 6.45) is 1.59. The largest absolute Gasteiger partial charge is 0.324 e. The molecule has 0 fully saturated rings. The molecule has 1 rings (SSSR count). The van der Waals surface area contributed by atoms with Crippen LogP contribution in [0.1, 0.15) is 31.4 Å². The predicted molar refractivity (Wildman–Crippen MR) is 64.6 cm³/mol. The Bertz CT molecular complexity index is 342. The van der Waals surface area contributed by atoms with E-state index >= 15 is 0 Å². The van der Waals surface area contributed by atoms with Crippen LogP contribution in [0.3, 0.4) is 0 Å². The van der Waals surface area contributed by atoms with Crippen LogP contribution in [0.5, 0.6) is 0 Å². The lowest BCUT2D eigenvalue weighted by Gasteiger charge is -2.07. The minimum absolute atomic E-state index is 0.0876. The van der Waals surface area contributed by atoms with Crippen molar-refractivity contribution < 1.29 is 0 Å². The van der Waals surface area contributed by atoms with Gasteiger partial charge in [-0.3, -0.25) is 0 Å². The molecular formula is C12H16N2S. The van der Waals surface area contributed by atoms with Crippen molar-refractivity contribution >= 4 is 11.8 Å². The molecule has 15 heavy (non-hydrogen) atoms. The molecule has 1 aromatic carbocycles. The molecule has 0 amide bonds. The van der Waals surface area contributed by atoms with Gasteiger partial charge in [0.25, 0.3) is 0 Å². The van der Waals surface area contributed by atoms with E-state index in [0.717, 1.165) is 12.2 Å². The maximum atomic E-state index is 8.40. The van der Waals surface area contributed by atoms with Gasteiger partial charge in [0.05, 0.1) is 6.07 Å². The number of nitriles is 1. The van der Waals surface area contributed by atoms with Gasteiger partial charge in [-0.15, -0.1) is 11.8 Å². The quantitative estimate of drug-likeness (QED) is 0.612. The van der Waals surface area contributed by atoms with Gasteiger partial charge in [0.2, 0.25) is 0 Å². The summed E-state index contributed by atoms with van der Waals surface area (Å²) in [5.74, 6) is 0.996. The molecule has 3 heteroatoms. The molecule has 0 radical (unpaired) electrons. The minimum Gasteiger partial charge on any atom is -0.324 e. The standard InChI is InChI=1S/C12H16N2S/c1-10(14)11-5-4-6-12(9-11)15-8-3-2-7-13/h4-6,9-10H,2-3,8,14H2,1H3. The lowest BCUT2D eigenvalue weighted by molar-refractivity contribution is 0.815. The topological polar surface area (TPSA) is 49.8 Å². The maximum absolute atomic E-state index is 8.40. The highest BCUT2D eigenvalue weighted by molar-refractivity contribution is 7.99. The molecule has 1 unspecified atom stereocenters. The predicted octanol–water partition coefficient (Wildman–Crippen LogP) is 3.10. The van der Waals surface area contributed by atoms with Crippen molar-refractivity contribution in [2.24, 2.45) is 5.73 Å². The van der Waals surface area contributed by atoms with Gasteiger partial charge in [0.1, 0.15) is 0 Å². The SMILES string of the molecule is CC(N)c1cccc(SCCCC#N)c1. The highest BCUT2D eigenvalue weighted by Gasteiger charge is 2.00. The Kier molecular flexibility index (Phi) is 5.23. The van der Waals surface area contributed by atoms with Gasteiger partial charge >= 0.3 is 0 Å². The summed E-state index contributed by atoms with van der Waals surface area (Å²) in [7, 11) is 0. The first-order valence-electron chi connectivity index (χ1n) is 5.09. The molecule has 0 bridgehead atoms. The van der Waals surface area contributed by atoms with Gasteiger partial charge in [-0.25, -0.2) is 0 Å². The van der Waals surface area contributed by atoms with Gasteiger partial charge < -0.3 is 5.73 Å². The van der Waals surface area contributed by atoms with Crippen molar-refractivity contribution in [1.82, 2.24) is 0 Å². The van der Waals surface area contributed by atoms with Crippen molar-refractivity contribution in [2.45, 2.75) is 30.7 Å². The fraction of sp³-hybridized carbons (Fsp3) is 0.417. The van der Waals surface area contributed by atoms with E-state index in [1.807, 2.05) is 19.1 Å². The Balaban J connectivity index is 2.48. The summed E-state index contributed by atoms with van der Waals surface area (Å²) in [5, 5.41) is 8.40. The zero-order valence-corrected chi connectivity index (χ0v) is 9.76. The van der Waals surface area contributed by atoms with E-state index in [1.54, 1.807) is 11.8 Å². The second-order valence-electron chi connectivity index (χ2n) is 3.47. The van der Waals surface area contributed by atoms with Crippen LogP contribution in [0.25, 0.3) is 0 Å². The van der Waals surface area contributed by atoms with Gasteiger partial charge in [0, 0.05) is 17.4 Å². The zero-order valence-electron chi connectivity index (χ0n) is 8.94. The third-order valence-electron chi connectivity index (χ3n) is 2.09. The first-order valence-corrected chi connectivity index (χ1v) is 6.08. The molecule has 0 aliphatic heterocycles. The van der Waals surface area contributed by atoms with Gasteiger partial charge in [-0.1, -0.05) is 12.1 Å². The van der Waals surface area contributed by atoms with Crippen LogP contribution in [0.2, 0.25) is 0 Å². The molecule has 0 aromatic heterocycles. The van der Waals surface area contributed by atoms with Gasteiger partial charge in [0.15, 0.2) is 0 Å². The highest BCUT2D eigenvalue weighted by atomic mass is 32.2. The number of nitrogens with zero attached hydrogens (tertiary/aromatic N) is 1. The molecule has 0 aliphatic rings. The molecule has 2 N–H and O–H groups in total. The van der Waals surface area contributed by atoms with Crippen molar-refractivity contribution in [3.8, 4) is 6.07 Å². The van der Waals surface area contributed by atoms with Crippen LogP contribution in [0.15, 0.2) is 29.2 Å². The van der Waals surface area contributed by atoms with Crippen LogP contribution in [0, 0.1) is 11.3 Å². The van der Waals surface area contributed by atoms with Crippen molar-refractivity contribution in [3.63, 3.8) is 0 Å². The fourth-order valence-electron chi connectivity index (χ4n) is 1.23. The maximum Gasteiger partial charge on any atom is 0.0622 e. The van der Waals surface area contributed by atoms with Gasteiger partial charge in [-0.2, -0.15) is 5.26 Å². The second-order valence-corrected chi connectivity index (χ2v) is 4.64. The van der Waals surface area contributed by atoms with Crippen LogP contribution < -0.4 is 5.73 Å². The molecule has 2 nitrogen and oxygen atoms in total. The minimum atomic E-state index is 0.0876. The fourth-order valence-corrected chi connectivity index (χ4v) is 2.15. The third-order valence-corrected chi connectivity index (χ3v) is 3.17. The van der Waals surface area contributed by atoms with E-state index < -0.39 is 0 Å². The molecule has 0 spiro atoms. The first-order chi connectivity index (χ1) is 7.24. The van der Waals surface area contributed by atoms with Crippen LogP contribution in [0.4, 0.5) is 0 Å². The Morgan fingerprint density at radius 2 is 2.33 bits per heavy atom. The van der Waals surface area contributed by atoms with E-state index in [2.05, 4.69) is 18.2 Å². The summed E-state index contributed by atoms with van der Waals surface area (Å²) in [4.78, 5) is 1.24. The van der Waals surface area contributed by atoms with Gasteiger partial charge in [-0.05, 0) is 36.8 Å². The lowest BCUT2D eigenvalue weighted by atomic mass is 10.1. The van der Waals surface area contributed by atoms with E-state index in [0.29, 0.717) is 6.42 Å². The number of hydrogen-bond donors (Lipinski definition) is 1. The van der Waals surface area contributed by atoms with Crippen LogP contribution in [-0.4, -0.2) is 5.75 Å². The molecule has 0 heterocycles. The number of rotatable bonds is 5. The smallest absolute Gasteiger partial charge is 0.0622 e. The Hall–Kier alpha value is -0.980. The summed E-state index contributed by atoms with van der Waals surface area (Å²) in [6.45, 7) is 1.99. The van der Waals surface area contributed by atoms with Crippen molar-refractivity contribution in [1.29, 1.82) is 5.26 Å². The van der Waals surface area contributed by atoms with Crippen molar-refractivity contribution in [3.05, 3.63) is 29.8 Å². The number of hydrogen-bond acceptors (Lipinski definition) is 3. The van der Waals surface area contributed by atoms with E-state index in [9.17, 15) is 0 Å². The van der Waals surface area contributed by atoms with E-state index in [4.69, 9.17) is 11.0 Å². The summed E-state index contributed by atoms with van der Waals surface area (Å²) in [5.41, 5.74) is 6.97. The average Bonchev–Trinajstić information content (AvgIpc) is 2.25. The lowest BCUT2D eigenvalue weighted by Crippen LogP contribution is -2.04. The number of benzene rings is 1. The zero-order chi connectivity index (χ0) is 11.1. The third kappa shape index (κ3) is 4.37. The molecule has 0 aliphatic carbocycles. The molecule has 0 saturated heterocycles. The Morgan fingerprint density at radius 1 is 1.53 bits per heavy atom. The second kappa shape index (κ2) is 6.49. The number of unbranched alkanes of at least 4 members (excludes halogenated alkanes) is 1. The van der Waals surface area contributed by atoms with Crippen molar-refractivity contribution in [2.75, 3.05) is 5.75 Å². The average molecular weight is 220 g/mol. The normalized spacial score (nSPS) is 12.1. The molecule has 1 atom stereocenters. The van der Waals surface area contributed by atoms with E-state index in [-0.39, 0.29) is 6.04 Å². The van der Waals surface area contributed by atoms with E-state index in [1.165, 1.54) is 10.5 Å². The number of thioether (sulfide) groups is 1. The monoisotopic (exact) mass is 220 g/mol. The molecule has 0 saturated carbocycles. The first kappa shape index (κ1) is 12.1. The summed E-state index contributed by atoms with van der Waals surface area (Å²) in [6, 6.07) is 10.5. The molecule has 80 valence electrons. The Labute approximate surface area is 95.5 Å². The molecule has 1 aromatic rings. The highest BCUT2D eigenvalue weighted by Crippen LogP contribution is 2.22. The van der Waals surface area contributed by atoms with Crippen LogP contribution >= 0.6 is 11.8 Å². The van der Waals surface area contributed by atoms with Crippen LogP contribution in [-0.2, 0) is 0 Å². The number of nitrogens with two attached hydrogens (primary N) is 1. The Morgan fingerprint density at radius 3 is 3.00 bits per heavy atom. The summed E-state index contributed by atoms with van der Waals surface area (Å²) >= 11 is 1.79.